The van der Waals surface area contributed by atoms with Crippen LogP contribution in [0.5, 0.6) is 5.75 Å². The maximum Gasteiger partial charge on any atom is 0.294 e. The van der Waals surface area contributed by atoms with E-state index >= 15 is 0 Å². The predicted molar refractivity (Wildman–Crippen MR) is 144 cm³/mol. The molecule has 3 amide bonds. The van der Waals surface area contributed by atoms with Gasteiger partial charge in [0.15, 0.2) is 0 Å². The molecule has 1 saturated heterocycles. The van der Waals surface area contributed by atoms with Crippen LogP contribution in [0.25, 0.3) is 6.08 Å². The zero-order chi connectivity index (χ0) is 26.5. The van der Waals surface area contributed by atoms with Crippen LogP contribution in [0.4, 0.5) is 16.2 Å². The largest absolute Gasteiger partial charge is 0.488 e. The highest BCUT2D eigenvalue weighted by atomic mass is 79.9. The van der Waals surface area contributed by atoms with Crippen LogP contribution >= 0.6 is 27.7 Å². The number of amides is 3. The van der Waals surface area contributed by atoms with Gasteiger partial charge in [-0.1, -0.05) is 45.8 Å². The first-order valence-corrected chi connectivity index (χ1v) is 12.6. The smallest absolute Gasteiger partial charge is 0.294 e. The monoisotopic (exact) mass is 581 g/mol. The van der Waals surface area contributed by atoms with Crippen molar-refractivity contribution in [3.05, 3.63) is 103 Å². The van der Waals surface area contributed by atoms with E-state index in [9.17, 15) is 24.5 Å². The Balaban J connectivity index is 1.50. The molecular weight excluding hydrogens is 562 g/mol. The summed E-state index contributed by atoms with van der Waals surface area (Å²) >= 11 is 4.10. The van der Waals surface area contributed by atoms with Crippen LogP contribution in [0, 0.1) is 17.0 Å². The summed E-state index contributed by atoms with van der Waals surface area (Å²) in [4.78, 5) is 49.7. The van der Waals surface area contributed by atoms with Gasteiger partial charge in [-0.25, -0.2) is 0 Å². The molecule has 1 N–H and O–H groups in total. The number of nitrogens with one attached hydrogen (secondary N) is 1. The standard InChI is InChI=1S/C26H20BrN3O6S/c1-16-6-9-20(10-7-16)28-24(31)14-29-25(32)23(37-26(29)33)13-18-12-19(27)8-11-22(18)36-15-17-4-2-3-5-21(17)30(34)35/h2-13H,14-15H2,1H3,(H,28,31)/b23-13-. The second-order valence-corrected chi connectivity index (χ2v) is 9.95. The molecule has 1 heterocycles. The number of halogens is 1. The van der Waals surface area contributed by atoms with Gasteiger partial charge in [0.25, 0.3) is 16.8 Å². The van der Waals surface area contributed by atoms with Crippen molar-refractivity contribution in [2.45, 2.75) is 13.5 Å². The second kappa shape index (κ2) is 11.4. The number of nitro groups is 1. The molecule has 1 aliphatic rings. The number of para-hydroxylation sites is 1. The molecule has 188 valence electrons. The first-order valence-electron chi connectivity index (χ1n) is 11.0. The van der Waals surface area contributed by atoms with Crippen molar-refractivity contribution in [2.75, 3.05) is 11.9 Å². The van der Waals surface area contributed by atoms with Crippen molar-refractivity contribution in [3.63, 3.8) is 0 Å². The molecular formula is C26H20BrN3O6S. The van der Waals surface area contributed by atoms with Gasteiger partial charge in [0.1, 0.15) is 18.9 Å². The number of benzene rings is 3. The van der Waals surface area contributed by atoms with Crippen molar-refractivity contribution in [1.29, 1.82) is 0 Å². The molecule has 0 unspecified atom stereocenters. The third kappa shape index (κ3) is 6.43. The van der Waals surface area contributed by atoms with Crippen LogP contribution < -0.4 is 10.1 Å². The van der Waals surface area contributed by atoms with E-state index < -0.39 is 28.5 Å². The summed E-state index contributed by atoms with van der Waals surface area (Å²) in [6.45, 7) is 1.43. The van der Waals surface area contributed by atoms with E-state index in [2.05, 4.69) is 21.2 Å². The third-order valence-corrected chi connectivity index (χ3v) is 6.74. The Labute approximate surface area is 224 Å². The number of ether oxygens (including phenoxy) is 1. The number of anilines is 1. The number of aryl methyl sites for hydroxylation is 1. The molecule has 1 fully saturated rings. The molecule has 11 heteroatoms. The molecule has 0 aromatic heterocycles. The Kier molecular flexibility index (Phi) is 8.04. The number of rotatable bonds is 8. The quantitative estimate of drug-likeness (QED) is 0.199. The highest BCUT2D eigenvalue weighted by Gasteiger charge is 2.36. The van der Waals surface area contributed by atoms with Crippen LogP contribution in [0.2, 0.25) is 0 Å². The SMILES string of the molecule is Cc1ccc(NC(=O)CN2C(=O)S/C(=C\c3cc(Br)ccc3OCc3ccccc3[N+](=O)[O-])C2=O)cc1. The Bertz CT molecular complexity index is 1420. The highest BCUT2D eigenvalue weighted by molar-refractivity contribution is 9.10. The van der Waals surface area contributed by atoms with E-state index in [4.69, 9.17) is 4.74 Å². The van der Waals surface area contributed by atoms with Gasteiger partial charge >= 0.3 is 0 Å². The van der Waals surface area contributed by atoms with E-state index in [1.54, 1.807) is 48.5 Å². The number of carbonyl (C=O) groups excluding carboxylic acids is 3. The van der Waals surface area contributed by atoms with E-state index in [1.807, 2.05) is 19.1 Å². The molecule has 0 aliphatic carbocycles. The third-order valence-electron chi connectivity index (χ3n) is 5.34. The summed E-state index contributed by atoms with van der Waals surface area (Å²) in [5.74, 6) is -0.729. The lowest BCUT2D eigenvalue weighted by Gasteiger charge is -2.13. The Morgan fingerprint density at radius 2 is 1.86 bits per heavy atom. The molecule has 0 radical (unpaired) electrons. The van der Waals surface area contributed by atoms with Crippen LogP contribution in [0.1, 0.15) is 16.7 Å². The minimum absolute atomic E-state index is 0.0637. The summed E-state index contributed by atoms with van der Waals surface area (Å²) in [5.41, 5.74) is 2.41. The van der Waals surface area contributed by atoms with Crippen molar-refractivity contribution in [2.24, 2.45) is 0 Å². The van der Waals surface area contributed by atoms with Gasteiger partial charge in [-0.2, -0.15) is 0 Å². The number of nitrogens with zero attached hydrogens (tertiary/aromatic N) is 2. The minimum atomic E-state index is -0.598. The second-order valence-electron chi connectivity index (χ2n) is 8.04. The van der Waals surface area contributed by atoms with Gasteiger partial charge in [-0.3, -0.25) is 29.4 Å². The molecule has 3 aromatic carbocycles. The first-order chi connectivity index (χ1) is 17.7. The Morgan fingerprint density at radius 3 is 2.59 bits per heavy atom. The number of thioether (sulfide) groups is 1. The minimum Gasteiger partial charge on any atom is -0.488 e. The first kappa shape index (κ1) is 26.1. The van der Waals surface area contributed by atoms with Gasteiger partial charge in [0.2, 0.25) is 5.91 Å². The zero-order valence-electron chi connectivity index (χ0n) is 19.5. The predicted octanol–water partition coefficient (Wildman–Crippen LogP) is 5.92. The molecule has 9 nitrogen and oxygen atoms in total. The van der Waals surface area contributed by atoms with E-state index in [1.165, 1.54) is 12.1 Å². The van der Waals surface area contributed by atoms with Crippen molar-refractivity contribution >= 4 is 62.2 Å². The zero-order valence-corrected chi connectivity index (χ0v) is 21.9. The summed E-state index contributed by atoms with van der Waals surface area (Å²) in [6, 6.07) is 18.5. The Hall–Kier alpha value is -3.96. The lowest BCUT2D eigenvalue weighted by atomic mass is 10.1. The van der Waals surface area contributed by atoms with Crippen LogP contribution in [0.3, 0.4) is 0 Å². The molecule has 37 heavy (non-hydrogen) atoms. The maximum absolute atomic E-state index is 13.0. The lowest BCUT2D eigenvalue weighted by Crippen LogP contribution is -2.36. The molecule has 0 bridgehead atoms. The van der Waals surface area contributed by atoms with E-state index in [0.717, 1.165) is 22.2 Å². The van der Waals surface area contributed by atoms with Crippen LogP contribution in [-0.4, -0.2) is 33.4 Å². The fourth-order valence-corrected chi connectivity index (χ4v) is 4.70. The van der Waals surface area contributed by atoms with Crippen LogP contribution in [-0.2, 0) is 16.2 Å². The van der Waals surface area contributed by atoms with Gasteiger partial charge in [-0.05, 0) is 61.2 Å². The van der Waals surface area contributed by atoms with Gasteiger partial charge in [-0.15, -0.1) is 0 Å². The topological polar surface area (TPSA) is 119 Å². The van der Waals surface area contributed by atoms with Crippen molar-refractivity contribution in [3.8, 4) is 5.75 Å². The average Bonchev–Trinajstić information content (AvgIpc) is 3.12. The van der Waals surface area contributed by atoms with E-state index in [-0.39, 0.29) is 17.2 Å². The fourth-order valence-electron chi connectivity index (χ4n) is 3.49. The summed E-state index contributed by atoms with van der Waals surface area (Å²) < 4.78 is 6.56. The molecule has 0 saturated carbocycles. The van der Waals surface area contributed by atoms with Gasteiger partial charge < -0.3 is 10.1 Å². The molecule has 1 aliphatic heterocycles. The highest BCUT2D eigenvalue weighted by Crippen LogP contribution is 2.35. The molecule has 0 atom stereocenters. The van der Waals surface area contributed by atoms with Crippen LogP contribution in [0.15, 0.2) is 76.1 Å². The molecule has 3 aromatic rings. The number of nitro benzene ring substituents is 1. The average molecular weight is 582 g/mol. The van der Waals surface area contributed by atoms with Gasteiger partial charge in [0.05, 0.1) is 15.4 Å². The molecule has 0 spiro atoms. The summed E-state index contributed by atoms with van der Waals surface area (Å²) in [6.07, 6.45) is 1.50. The Morgan fingerprint density at radius 1 is 1.14 bits per heavy atom. The van der Waals surface area contributed by atoms with Gasteiger partial charge in [0, 0.05) is 21.8 Å². The number of hydrogen-bond acceptors (Lipinski definition) is 7. The summed E-state index contributed by atoms with van der Waals surface area (Å²) in [7, 11) is 0. The maximum atomic E-state index is 13.0. The number of hydrogen-bond donors (Lipinski definition) is 1. The van der Waals surface area contributed by atoms with E-state index in [0.29, 0.717) is 27.0 Å². The lowest BCUT2D eigenvalue weighted by molar-refractivity contribution is -0.385. The normalized spacial score (nSPS) is 14.2. The fraction of sp³-hybridized carbons (Fsp3) is 0.115. The number of carbonyl (C=O) groups is 3. The molecule has 4 rings (SSSR count). The van der Waals surface area contributed by atoms with Crippen molar-refractivity contribution in [1.82, 2.24) is 4.90 Å². The van der Waals surface area contributed by atoms with Crippen molar-refractivity contribution < 1.29 is 24.0 Å². The number of imide groups is 1. The summed E-state index contributed by atoms with van der Waals surface area (Å²) in [5, 5.41) is 13.4.